The zero-order valence-corrected chi connectivity index (χ0v) is 11.4. The third-order valence-corrected chi connectivity index (χ3v) is 5.24. The van der Waals surface area contributed by atoms with Gasteiger partial charge in [0, 0.05) is 13.6 Å². The van der Waals surface area contributed by atoms with Gasteiger partial charge in [0.25, 0.3) is 10.0 Å². The van der Waals surface area contributed by atoms with Crippen LogP contribution in [0.2, 0.25) is 5.02 Å². The molecule has 9 heteroatoms. The maximum atomic E-state index is 12.5. The summed E-state index contributed by atoms with van der Waals surface area (Å²) >= 11 is 5.86. The average Bonchev–Trinajstić information content (AvgIpc) is 2.69. The van der Waals surface area contributed by atoms with Gasteiger partial charge in [-0.25, -0.2) is 8.42 Å². The number of sulfonamides is 1. The number of rotatable bonds is 3. The maximum Gasteiger partial charge on any atom is 0.262 e. The SMILES string of the molecule is Cn1ncc(Cl)c1S(=O)(=O)N1CCOCC1CO. The van der Waals surface area contributed by atoms with Crippen LogP contribution in [0.25, 0.3) is 0 Å². The Kier molecular flexibility index (Phi) is 3.93. The van der Waals surface area contributed by atoms with Crippen molar-refractivity contribution in [3.8, 4) is 0 Å². The van der Waals surface area contributed by atoms with Crippen LogP contribution in [0.1, 0.15) is 0 Å². The second-order valence-electron chi connectivity index (χ2n) is 3.95. The zero-order chi connectivity index (χ0) is 13.3. The van der Waals surface area contributed by atoms with Crippen molar-refractivity contribution in [2.75, 3.05) is 26.4 Å². The summed E-state index contributed by atoms with van der Waals surface area (Å²) in [5, 5.41) is 13.0. The molecular weight excluding hydrogens is 282 g/mol. The molecule has 1 aromatic heterocycles. The number of hydrogen-bond acceptors (Lipinski definition) is 5. The lowest BCUT2D eigenvalue weighted by atomic mass is 10.3. The van der Waals surface area contributed by atoms with Crippen LogP contribution in [-0.2, 0) is 21.8 Å². The van der Waals surface area contributed by atoms with E-state index in [4.69, 9.17) is 16.3 Å². The van der Waals surface area contributed by atoms with Crippen molar-refractivity contribution in [1.29, 1.82) is 0 Å². The van der Waals surface area contributed by atoms with Gasteiger partial charge in [0.1, 0.15) is 0 Å². The molecule has 0 aliphatic carbocycles. The predicted octanol–water partition coefficient (Wildman–Crippen LogP) is -0.545. The van der Waals surface area contributed by atoms with Crippen LogP contribution >= 0.6 is 11.6 Å². The van der Waals surface area contributed by atoms with Crippen molar-refractivity contribution in [1.82, 2.24) is 14.1 Å². The Labute approximate surface area is 110 Å². The van der Waals surface area contributed by atoms with E-state index < -0.39 is 16.1 Å². The molecule has 0 spiro atoms. The first kappa shape index (κ1) is 13.8. The highest BCUT2D eigenvalue weighted by Gasteiger charge is 2.36. The van der Waals surface area contributed by atoms with Crippen molar-refractivity contribution in [3.05, 3.63) is 11.2 Å². The number of hydrogen-bond donors (Lipinski definition) is 1. The molecule has 0 aromatic carbocycles. The Morgan fingerprint density at radius 1 is 1.67 bits per heavy atom. The van der Waals surface area contributed by atoms with E-state index >= 15 is 0 Å². The number of aromatic nitrogens is 2. The highest BCUT2D eigenvalue weighted by molar-refractivity contribution is 7.89. The van der Waals surface area contributed by atoms with Gasteiger partial charge in [0.2, 0.25) is 0 Å². The van der Waals surface area contributed by atoms with Gasteiger partial charge >= 0.3 is 0 Å². The molecule has 1 aromatic rings. The van der Waals surface area contributed by atoms with E-state index in [0.29, 0.717) is 6.61 Å². The third kappa shape index (κ3) is 2.26. The molecule has 7 nitrogen and oxygen atoms in total. The summed E-state index contributed by atoms with van der Waals surface area (Å²) in [6.45, 7) is 0.361. The van der Waals surface area contributed by atoms with E-state index in [0.717, 1.165) is 0 Å². The summed E-state index contributed by atoms with van der Waals surface area (Å²) < 4.78 is 32.5. The molecule has 1 unspecified atom stereocenters. The molecule has 0 amide bonds. The molecule has 1 N–H and O–H groups in total. The van der Waals surface area contributed by atoms with Crippen molar-refractivity contribution in [2.45, 2.75) is 11.1 Å². The highest BCUT2D eigenvalue weighted by atomic mass is 35.5. The van der Waals surface area contributed by atoms with Crippen LogP contribution in [0.15, 0.2) is 11.2 Å². The zero-order valence-electron chi connectivity index (χ0n) is 9.78. The number of nitrogens with zero attached hydrogens (tertiary/aromatic N) is 3. The first-order valence-electron chi connectivity index (χ1n) is 5.36. The molecule has 102 valence electrons. The van der Waals surface area contributed by atoms with E-state index in [-0.39, 0.29) is 29.8 Å². The van der Waals surface area contributed by atoms with Gasteiger partial charge in [-0.2, -0.15) is 9.40 Å². The Balaban J connectivity index is 2.41. The van der Waals surface area contributed by atoms with Crippen molar-refractivity contribution < 1.29 is 18.3 Å². The lowest BCUT2D eigenvalue weighted by Gasteiger charge is -2.33. The van der Waals surface area contributed by atoms with E-state index in [9.17, 15) is 13.5 Å². The molecule has 18 heavy (non-hydrogen) atoms. The Hall–Kier alpha value is -0.670. The molecule has 1 atom stereocenters. The van der Waals surface area contributed by atoms with Gasteiger partial charge in [-0.15, -0.1) is 0 Å². The smallest absolute Gasteiger partial charge is 0.262 e. The van der Waals surface area contributed by atoms with Gasteiger partial charge in [-0.05, 0) is 0 Å². The number of ether oxygens (including phenoxy) is 1. The van der Waals surface area contributed by atoms with Gasteiger partial charge < -0.3 is 9.84 Å². The lowest BCUT2D eigenvalue weighted by molar-refractivity contribution is 0.0107. The fraction of sp³-hybridized carbons (Fsp3) is 0.667. The van der Waals surface area contributed by atoms with Gasteiger partial charge in [-0.1, -0.05) is 11.6 Å². The standard InChI is InChI=1S/C9H14ClN3O4S/c1-12-9(8(10)4-11-12)18(15,16)13-2-3-17-6-7(13)5-14/h4,7,14H,2-3,5-6H2,1H3. The average molecular weight is 296 g/mol. The summed E-state index contributed by atoms with van der Waals surface area (Å²) in [6.07, 6.45) is 1.28. The maximum absolute atomic E-state index is 12.5. The molecule has 1 saturated heterocycles. The topological polar surface area (TPSA) is 84.7 Å². The fourth-order valence-electron chi connectivity index (χ4n) is 1.90. The molecule has 2 heterocycles. The highest BCUT2D eigenvalue weighted by Crippen LogP contribution is 2.26. The first-order chi connectivity index (χ1) is 8.48. The molecule has 2 rings (SSSR count). The van der Waals surface area contributed by atoms with Gasteiger partial charge in [0.05, 0.1) is 37.1 Å². The van der Waals surface area contributed by atoms with E-state index in [1.807, 2.05) is 0 Å². The molecule has 0 bridgehead atoms. The second kappa shape index (κ2) is 5.14. The van der Waals surface area contributed by atoms with Crippen molar-refractivity contribution in [3.63, 3.8) is 0 Å². The van der Waals surface area contributed by atoms with Crippen LogP contribution in [0.4, 0.5) is 0 Å². The van der Waals surface area contributed by atoms with Crippen molar-refractivity contribution >= 4 is 21.6 Å². The molecule has 1 aliphatic heterocycles. The fourth-order valence-corrected chi connectivity index (χ4v) is 4.10. The first-order valence-corrected chi connectivity index (χ1v) is 7.18. The number of halogens is 1. The van der Waals surface area contributed by atoms with Crippen molar-refractivity contribution in [2.24, 2.45) is 7.05 Å². The number of aryl methyl sites for hydroxylation is 1. The number of aliphatic hydroxyl groups is 1. The monoisotopic (exact) mass is 295 g/mol. The largest absolute Gasteiger partial charge is 0.395 e. The van der Waals surface area contributed by atoms with Crippen LogP contribution < -0.4 is 0 Å². The van der Waals surface area contributed by atoms with E-state index in [2.05, 4.69) is 5.10 Å². The number of morpholine rings is 1. The summed E-state index contributed by atoms with van der Waals surface area (Å²) in [4.78, 5) is 0. The summed E-state index contributed by atoms with van der Waals surface area (Å²) in [7, 11) is -2.27. The summed E-state index contributed by atoms with van der Waals surface area (Å²) in [6, 6.07) is -0.588. The van der Waals surface area contributed by atoms with Crippen LogP contribution in [0.5, 0.6) is 0 Å². The predicted molar refractivity (Wildman–Crippen MR) is 63.8 cm³/mol. The Morgan fingerprint density at radius 2 is 2.39 bits per heavy atom. The number of aliphatic hydroxyl groups excluding tert-OH is 1. The van der Waals surface area contributed by atoms with Crippen LogP contribution in [-0.4, -0.2) is 60.0 Å². The summed E-state index contributed by atoms with van der Waals surface area (Å²) in [5.74, 6) is 0. The summed E-state index contributed by atoms with van der Waals surface area (Å²) in [5.41, 5.74) is 0. The van der Waals surface area contributed by atoms with E-state index in [1.54, 1.807) is 0 Å². The molecule has 0 radical (unpaired) electrons. The lowest BCUT2D eigenvalue weighted by Crippen LogP contribution is -2.50. The molecular formula is C9H14ClN3O4S. The van der Waals surface area contributed by atoms with Crippen LogP contribution in [0, 0.1) is 0 Å². The minimum Gasteiger partial charge on any atom is -0.395 e. The molecule has 1 fully saturated rings. The van der Waals surface area contributed by atoms with Gasteiger partial charge in [-0.3, -0.25) is 4.68 Å². The van der Waals surface area contributed by atoms with Gasteiger partial charge in [0.15, 0.2) is 5.03 Å². The minimum atomic E-state index is -3.78. The Morgan fingerprint density at radius 3 is 2.94 bits per heavy atom. The molecule has 1 aliphatic rings. The quantitative estimate of drug-likeness (QED) is 0.809. The normalized spacial score (nSPS) is 22.3. The Bertz CT molecular complexity index is 510. The molecule has 0 saturated carbocycles. The van der Waals surface area contributed by atoms with E-state index in [1.165, 1.54) is 22.2 Å². The minimum absolute atomic E-state index is 0.0653. The third-order valence-electron chi connectivity index (χ3n) is 2.78. The van der Waals surface area contributed by atoms with Crippen LogP contribution in [0.3, 0.4) is 0 Å². The second-order valence-corrected chi connectivity index (χ2v) is 6.16.